The quantitative estimate of drug-likeness (QED) is 0.622. The lowest BCUT2D eigenvalue weighted by molar-refractivity contribution is -0.144. The summed E-state index contributed by atoms with van der Waals surface area (Å²) in [5.41, 5.74) is 0.266. The molecule has 1 aliphatic rings. The Morgan fingerprint density at radius 2 is 2.09 bits per heavy atom. The number of aromatic nitrogens is 1. The highest BCUT2D eigenvalue weighted by Gasteiger charge is 2.54. The first-order valence-corrected chi connectivity index (χ1v) is 6.79. The van der Waals surface area contributed by atoms with Crippen molar-refractivity contribution in [1.82, 2.24) is 4.98 Å². The van der Waals surface area contributed by atoms with Gasteiger partial charge in [-0.2, -0.15) is 0 Å². The van der Waals surface area contributed by atoms with Crippen LogP contribution in [0.2, 0.25) is 0 Å². The predicted octanol–water partition coefficient (Wildman–Crippen LogP) is 1.81. The molecule has 0 spiro atoms. The molecule has 6 nitrogen and oxygen atoms in total. The van der Waals surface area contributed by atoms with Gasteiger partial charge in [-0.3, -0.25) is 9.78 Å². The van der Waals surface area contributed by atoms with E-state index in [1.807, 2.05) is 6.07 Å². The van der Waals surface area contributed by atoms with Crippen molar-refractivity contribution >= 4 is 28.3 Å². The van der Waals surface area contributed by atoms with Crippen molar-refractivity contribution in [2.45, 2.75) is 12.5 Å². The van der Waals surface area contributed by atoms with Gasteiger partial charge in [0.15, 0.2) is 5.54 Å². The van der Waals surface area contributed by atoms with Gasteiger partial charge in [-0.1, -0.05) is 6.07 Å². The molecule has 0 saturated carbocycles. The van der Waals surface area contributed by atoms with Crippen molar-refractivity contribution in [3.8, 4) is 5.75 Å². The molecule has 2 aromatic rings. The summed E-state index contributed by atoms with van der Waals surface area (Å²) < 4.78 is 10.2. The number of hydrogen-bond donors (Lipinski definition) is 0. The Labute approximate surface area is 127 Å². The lowest BCUT2D eigenvalue weighted by Crippen LogP contribution is -2.53. The Hall–Kier alpha value is -2.63. The normalized spacial score (nSPS) is 20.2. The minimum Gasteiger partial charge on any atom is -0.494 e. The van der Waals surface area contributed by atoms with Crippen LogP contribution in [0.15, 0.2) is 24.4 Å². The number of pyridine rings is 1. The van der Waals surface area contributed by atoms with E-state index in [0.717, 1.165) is 0 Å². The number of rotatable bonds is 2. The Bertz CT molecular complexity index is 802. The molecule has 22 heavy (non-hydrogen) atoms. The van der Waals surface area contributed by atoms with Crippen molar-refractivity contribution in [3.63, 3.8) is 0 Å². The van der Waals surface area contributed by atoms with Gasteiger partial charge in [0.25, 0.3) is 0 Å². The maximum Gasteiger partial charge on any atom is 0.339 e. The third-order valence-corrected chi connectivity index (χ3v) is 4.32. The van der Waals surface area contributed by atoms with Crippen LogP contribution in [-0.4, -0.2) is 43.5 Å². The molecule has 1 aromatic heterocycles. The van der Waals surface area contributed by atoms with Gasteiger partial charge in [-0.05, 0) is 13.0 Å². The number of esters is 1. The second-order valence-corrected chi connectivity index (χ2v) is 5.32. The summed E-state index contributed by atoms with van der Waals surface area (Å²) in [5, 5.41) is 0.697. The molecule has 2 heterocycles. The lowest BCUT2D eigenvalue weighted by Gasteiger charge is -2.29. The van der Waals surface area contributed by atoms with Gasteiger partial charge in [-0.15, -0.1) is 0 Å². The molecule has 1 atom stereocenters. The summed E-state index contributed by atoms with van der Waals surface area (Å²) in [4.78, 5) is 31.1. The van der Waals surface area contributed by atoms with E-state index in [4.69, 9.17) is 9.47 Å². The largest absolute Gasteiger partial charge is 0.494 e. The Kier molecular flexibility index (Phi) is 3.05. The molecule has 114 valence electrons. The molecule has 3 rings (SSSR count). The van der Waals surface area contributed by atoms with Gasteiger partial charge in [-0.25, -0.2) is 4.79 Å². The van der Waals surface area contributed by atoms with Crippen molar-refractivity contribution < 1.29 is 19.1 Å². The summed E-state index contributed by atoms with van der Waals surface area (Å²) in [6.07, 6.45) is 1.65. The summed E-state index contributed by atoms with van der Waals surface area (Å²) in [5.74, 6) is -0.409. The van der Waals surface area contributed by atoms with Crippen molar-refractivity contribution in [2.75, 3.05) is 26.2 Å². The number of fused-ring (bicyclic) bond motifs is 3. The van der Waals surface area contributed by atoms with Gasteiger partial charge in [0, 0.05) is 24.7 Å². The minimum atomic E-state index is -1.41. The molecular weight excluding hydrogens is 284 g/mol. The summed E-state index contributed by atoms with van der Waals surface area (Å²) in [6, 6.07) is 5.34. The van der Waals surface area contributed by atoms with Crippen LogP contribution in [0.1, 0.15) is 17.3 Å². The molecule has 0 bridgehead atoms. The number of Topliss-reactive ketones (excluding diaryl/α,β-unsaturated/α-hetero) is 1. The summed E-state index contributed by atoms with van der Waals surface area (Å²) >= 11 is 0. The summed E-state index contributed by atoms with van der Waals surface area (Å²) in [6.45, 7) is 1.56. The standard InChI is InChI=1S/C16H16N2O4/c1-16(15(20)22-4)14(19)12-9-6-5-7-17-10(9)8-11(21-3)13(12)18(16)2/h5-8H,1-4H3. The van der Waals surface area contributed by atoms with E-state index in [2.05, 4.69) is 4.98 Å². The van der Waals surface area contributed by atoms with E-state index in [1.165, 1.54) is 14.2 Å². The van der Waals surface area contributed by atoms with E-state index in [-0.39, 0.29) is 5.78 Å². The van der Waals surface area contributed by atoms with E-state index < -0.39 is 11.5 Å². The van der Waals surface area contributed by atoms with Crippen molar-refractivity contribution in [1.29, 1.82) is 0 Å². The van der Waals surface area contributed by atoms with E-state index in [9.17, 15) is 9.59 Å². The maximum absolute atomic E-state index is 13.0. The second-order valence-electron chi connectivity index (χ2n) is 5.32. The number of hydrogen-bond acceptors (Lipinski definition) is 6. The van der Waals surface area contributed by atoms with Gasteiger partial charge in [0.2, 0.25) is 5.78 Å². The fourth-order valence-electron chi connectivity index (χ4n) is 2.95. The van der Waals surface area contributed by atoms with Gasteiger partial charge >= 0.3 is 5.97 Å². The van der Waals surface area contributed by atoms with Crippen LogP contribution in [0.5, 0.6) is 5.75 Å². The zero-order chi connectivity index (χ0) is 16.1. The SMILES string of the molecule is COC(=O)C1(C)C(=O)c2c(c(OC)cc3ncccc23)N1C. The van der Waals surface area contributed by atoms with Crippen molar-refractivity contribution in [2.24, 2.45) is 0 Å². The highest BCUT2D eigenvalue weighted by atomic mass is 16.5. The van der Waals surface area contributed by atoms with E-state index in [0.29, 0.717) is 27.9 Å². The average Bonchev–Trinajstić information content (AvgIpc) is 2.76. The number of nitrogens with zero attached hydrogens (tertiary/aromatic N) is 2. The van der Waals surface area contributed by atoms with Crippen molar-refractivity contribution in [3.05, 3.63) is 30.0 Å². The molecule has 1 unspecified atom stereocenters. The van der Waals surface area contributed by atoms with Crippen LogP contribution in [-0.2, 0) is 9.53 Å². The lowest BCUT2D eigenvalue weighted by atomic mass is 9.93. The monoisotopic (exact) mass is 300 g/mol. The predicted molar refractivity (Wildman–Crippen MR) is 81.4 cm³/mol. The topological polar surface area (TPSA) is 68.7 Å². The van der Waals surface area contributed by atoms with Crippen LogP contribution in [0.3, 0.4) is 0 Å². The van der Waals surface area contributed by atoms with Gasteiger partial charge < -0.3 is 14.4 Å². The third kappa shape index (κ3) is 1.57. The number of benzene rings is 1. The highest BCUT2D eigenvalue weighted by molar-refractivity contribution is 6.29. The molecule has 0 aliphatic carbocycles. The second kappa shape index (κ2) is 4.69. The fourth-order valence-corrected chi connectivity index (χ4v) is 2.95. The minimum absolute atomic E-state index is 0.311. The Balaban J connectivity index is 2.39. The molecule has 0 radical (unpaired) electrons. The van der Waals surface area contributed by atoms with E-state index in [1.54, 1.807) is 37.2 Å². The number of methoxy groups -OCH3 is 2. The smallest absolute Gasteiger partial charge is 0.339 e. The first-order valence-electron chi connectivity index (χ1n) is 6.79. The molecule has 1 aromatic carbocycles. The first-order chi connectivity index (χ1) is 10.5. The molecule has 0 saturated heterocycles. The van der Waals surface area contributed by atoms with Gasteiger partial charge in [0.1, 0.15) is 5.75 Å². The molecular formula is C16H16N2O4. The van der Waals surface area contributed by atoms with Crippen LogP contribution in [0, 0.1) is 0 Å². The number of ketones is 1. The number of ether oxygens (including phenoxy) is 2. The molecule has 1 aliphatic heterocycles. The molecule has 0 fully saturated rings. The van der Waals surface area contributed by atoms with Gasteiger partial charge in [0.05, 0.1) is 31.0 Å². The zero-order valence-electron chi connectivity index (χ0n) is 12.8. The first kappa shape index (κ1) is 14.3. The molecule has 0 N–H and O–H groups in total. The number of likely N-dealkylation sites (N-methyl/N-ethyl adjacent to an activating group) is 1. The number of carbonyl (C=O) groups excluding carboxylic acids is 2. The zero-order valence-corrected chi connectivity index (χ0v) is 12.8. The molecule has 6 heteroatoms. The average molecular weight is 300 g/mol. The third-order valence-electron chi connectivity index (χ3n) is 4.32. The van der Waals surface area contributed by atoms with E-state index >= 15 is 0 Å². The van der Waals surface area contributed by atoms with Crippen LogP contribution >= 0.6 is 0 Å². The maximum atomic E-state index is 13.0. The fraction of sp³-hybridized carbons (Fsp3) is 0.312. The van der Waals surface area contributed by atoms with Crippen LogP contribution < -0.4 is 9.64 Å². The van der Waals surface area contributed by atoms with Crippen LogP contribution in [0.25, 0.3) is 10.9 Å². The van der Waals surface area contributed by atoms with Crippen LogP contribution in [0.4, 0.5) is 5.69 Å². The number of anilines is 1. The Morgan fingerprint density at radius 3 is 2.73 bits per heavy atom. The Morgan fingerprint density at radius 1 is 1.36 bits per heavy atom. The number of carbonyl (C=O) groups is 2. The molecule has 0 amide bonds. The summed E-state index contributed by atoms with van der Waals surface area (Å²) in [7, 11) is 4.48. The highest BCUT2D eigenvalue weighted by Crippen LogP contribution is 2.47.